The highest BCUT2D eigenvalue weighted by molar-refractivity contribution is 9.10. The summed E-state index contributed by atoms with van der Waals surface area (Å²) in [6, 6.07) is 2.39. The molecule has 0 aliphatic rings. The SMILES string of the molecule is COc1nc(Br)ccc1S(=O)(=O)F. The molecular weight excluding hydrogens is 265 g/mol. The summed E-state index contributed by atoms with van der Waals surface area (Å²) in [5.74, 6) is -0.267. The van der Waals surface area contributed by atoms with Crippen molar-refractivity contribution in [3.8, 4) is 5.88 Å². The minimum atomic E-state index is -4.77. The molecule has 0 saturated carbocycles. The van der Waals surface area contributed by atoms with E-state index in [1.165, 1.54) is 13.2 Å². The summed E-state index contributed by atoms with van der Waals surface area (Å²) < 4.78 is 38.5. The highest BCUT2D eigenvalue weighted by Gasteiger charge is 2.19. The lowest BCUT2D eigenvalue weighted by Gasteiger charge is -2.02. The highest BCUT2D eigenvalue weighted by Crippen LogP contribution is 2.24. The van der Waals surface area contributed by atoms with Crippen molar-refractivity contribution in [1.82, 2.24) is 4.98 Å². The normalized spacial score (nSPS) is 11.3. The Morgan fingerprint density at radius 3 is 2.62 bits per heavy atom. The average molecular weight is 270 g/mol. The Balaban J connectivity index is 3.39. The van der Waals surface area contributed by atoms with E-state index in [-0.39, 0.29) is 5.88 Å². The van der Waals surface area contributed by atoms with Gasteiger partial charge < -0.3 is 4.74 Å². The Hall–Kier alpha value is -0.690. The molecule has 1 aromatic heterocycles. The Morgan fingerprint density at radius 2 is 2.15 bits per heavy atom. The summed E-state index contributed by atoms with van der Waals surface area (Å²) in [6.45, 7) is 0. The molecule has 0 bridgehead atoms. The van der Waals surface area contributed by atoms with Crippen LogP contribution in [0.15, 0.2) is 21.6 Å². The molecule has 0 unspecified atom stereocenters. The van der Waals surface area contributed by atoms with Gasteiger partial charge in [0.1, 0.15) is 4.60 Å². The number of hydrogen-bond acceptors (Lipinski definition) is 4. The van der Waals surface area contributed by atoms with Crippen LogP contribution in [0, 0.1) is 0 Å². The molecule has 0 N–H and O–H groups in total. The van der Waals surface area contributed by atoms with Crippen LogP contribution >= 0.6 is 15.9 Å². The third kappa shape index (κ3) is 2.38. The van der Waals surface area contributed by atoms with E-state index in [2.05, 4.69) is 25.7 Å². The van der Waals surface area contributed by atoms with Crippen LogP contribution in [0.2, 0.25) is 0 Å². The van der Waals surface area contributed by atoms with E-state index in [1.54, 1.807) is 0 Å². The van der Waals surface area contributed by atoms with Crippen LogP contribution in [0.5, 0.6) is 5.88 Å². The standard InChI is InChI=1S/C6H5BrFNO3S/c1-12-6-4(13(8,10)11)2-3-5(7)9-6/h2-3H,1H3. The lowest BCUT2D eigenvalue weighted by Crippen LogP contribution is -1.99. The van der Waals surface area contributed by atoms with Crippen molar-refractivity contribution in [2.24, 2.45) is 0 Å². The van der Waals surface area contributed by atoms with Crippen molar-refractivity contribution in [3.05, 3.63) is 16.7 Å². The van der Waals surface area contributed by atoms with Crippen molar-refractivity contribution in [2.45, 2.75) is 4.90 Å². The maximum Gasteiger partial charge on any atom is 0.337 e. The van der Waals surface area contributed by atoms with Crippen LogP contribution in [-0.4, -0.2) is 20.5 Å². The fraction of sp³-hybridized carbons (Fsp3) is 0.167. The first kappa shape index (κ1) is 10.4. The molecular formula is C6H5BrFNO3S. The van der Waals surface area contributed by atoms with Gasteiger partial charge in [-0.2, -0.15) is 8.42 Å². The molecule has 1 heterocycles. The van der Waals surface area contributed by atoms with Gasteiger partial charge >= 0.3 is 10.2 Å². The van der Waals surface area contributed by atoms with Gasteiger partial charge in [0.2, 0.25) is 5.88 Å². The maximum absolute atomic E-state index is 12.5. The van der Waals surface area contributed by atoms with E-state index in [0.29, 0.717) is 4.60 Å². The number of halogens is 2. The Morgan fingerprint density at radius 1 is 1.54 bits per heavy atom. The number of hydrogen-bond donors (Lipinski definition) is 0. The van der Waals surface area contributed by atoms with Crippen molar-refractivity contribution in [2.75, 3.05) is 7.11 Å². The quantitative estimate of drug-likeness (QED) is 0.603. The van der Waals surface area contributed by atoms with Gasteiger partial charge in [-0.3, -0.25) is 0 Å². The molecule has 0 atom stereocenters. The summed E-state index contributed by atoms with van der Waals surface area (Å²) in [6.07, 6.45) is 0. The smallest absolute Gasteiger partial charge is 0.337 e. The Bertz CT molecular complexity index is 420. The zero-order valence-corrected chi connectivity index (χ0v) is 8.89. The Labute approximate surface area is 83.1 Å². The molecule has 7 heteroatoms. The summed E-state index contributed by atoms with van der Waals surface area (Å²) in [7, 11) is -3.56. The van der Waals surface area contributed by atoms with Gasteiger partial charge in [0.25, 0.3) is 0 Å². The van der Waals surface area contributed by atoms with E-state index in [1.807, 2.05) is 0 Å². The van der Waals surface area contributed by atoms with Crippen LogP contribution < -0.4 is 4.74 Å². The monoisotopic (exact) mass is 269 g/mol. The van der Waals surface area contributed by atoms with Crippen LogP contribution in [0.4, 0.5) is 3.89 Å². The summed E-state index contributed by atoms with van der Waals surface area (Å²) in [5, 5.41) is 0. The number of rotatable bonds is 2. The van der Waals surface area contributed by atoms with Crippen molar-refractivity contribution >= 4 is 26.2 Å². The van der Waals surface area contributed by atoms with Gasteiger partial charge in [-0.25, -0.2) is 4.98 Å². The molecule has 1 rings (SSSR count). The molecule has 13 heavy (non-hydrogen) atoms. The van der Waals surface area contributed by atoms with E-state index < -0.39 is 15.1 Å². The minimum Gasteiger partial charge on any atom is -0.480 e. The van der Waals surface area contributed by atoms with Crippen molar-refractivity contribution in [3.63, 3.8) is 0 Å². The van der Waals surface area contributed by atoms with Crippen LogP contribution in [-0.2, 0) is 10.2 Å². The minimum absolute atomic E-state index is 0.267. The van der Waals surface area contributed by atoms with Gasteiger partial charge in [0.15, 0.2) is 4.90 Å². The molecule has 0 amide bonds. The van der Waals surface area contributed by atoms with E-state index in [4.69, 9.17) is 0 Å². The van der Waals surface area contributed by atoms with E-state index in [0.717, 1.165) is 6.07 Å². The summed E-state index contributed by atoms with van der Waals surface area (Å²) >= 11 is 3.00. The van der Waals surface area contributed by atoms with Gasteiger partial charge in [-0.05, 0) is 28.1 Å². The fourth-order valence-corrected chi connectivity index (χ4v) is 1.60. The van der Waals surface area contributed by atoms with Gasteiger partial charge in [-0.15, -0.1) is 3.89 Å². The zero-order valence-electron chi connectivity index (χ0n) is 6.49. The zero-order chi connectivity index (χ0) is 10.1. The predicted octanol–water partition coefficient (Wildman–Crippen LogP) is 1.51. The van der Waals surface area contributed by atoms with Gasteiger partial charge in [0.05, 0.1) is 7.11 Å². The molecule has 0 spiro atoms. The third-order valence-electron chi connectivity index (χ3n) is 1.25. The first-order chi connectivity index (χ1) is 5.95. The lowest BCUT2D eigenvalue weighted by molar-refractivity contribution is 0.383. The number of aromatic nitrogens is 1. The van der Waals surface area contributed by atoms with Gasteiger partial charge in [-0.1, -0.05) is 0 Å². The molecule has 72 valence electrons. The molecule has 0 saturated heterocycles. The second-order valence-electron chi connectivity index (χ2n) is 2.08. The van der Waals surface area contributed by atoms with E-state index in [9.17, 15) is 12.3 Å². The maximum atomic E-state index is 12.5. The van der Waals surface area contributed by atoms with E-state index >= 15 is 0 Å². The molecule has 0 aromatic carbocycles. The first-order valence-corrected chi connectivity index (χ1v) is 5.28. The summed E-state index contributed by atoms with van der Waals surface area (Å²) in [5.41, 5.74) is 0. The van der Waals surface area contributed by atoms with Crippen LogP contribution in [0.1, 0.15) is 0 Å². The molecule has 4 nitrogen and oxygen atoms in total. The lowest BCUT2D eigenvalue weighted by atomic mass is 10.5. The molecule has 0 radical (unpaired) electrons. The van der Waals surface area contributed by atoms with Crippen molar-refractivity contribution in [1.29, 1.82) is 0 Å². The second kappa shape index (κ2) is 3.59. The number of ether oxygens (including phenoxy) is 1. The number of pyridine rings is 1. The van der Waals surface area contributed by atoms with Crippen LogP contribution in [0.3, 0.4) is 0 Å². The predicted molar refractivity (Wildman–Crippen MR) is 46.8 cm³/mol. The second-order valence-corrected chi connectivity index (χ2v) is 4.21. The number of nitrogens with zero attached hydrogens (tertiary/aromatic N) is 1. The summed E-state index contributed by atoms with van der Waals surface area (Å²) in [4.78, 5) is 3.06. The average Bonchev–Trinajstić information content (AvgIpc) is 2.01. The van der Waals surface area contributed by atoms with Gasteiger partial charge in [0, 0.05) is 0 Å². The number of methoxy groups -OCH3 is 1. The first-order valence-electron chi connectivity index (χ1n) is 3.10. The fourth-order valence-electron chi connectivity index (χ4n) is 0.737. The molecule has 0 fully saturated rings. The molecule has 0 aliphatic carbocycles. The Kier molecular flexibility index (Phi) is 2.87. The van der Waals surface area contributed by atoms with Crippen molar-refractivity contribution < 1.29 is 17.0 Å². The topological polar surface area (TPSA) is 56.3 Å². The molecule has 0 aliphatic heterocycles. The molecule has 1 aromatic rings. The largest absolute Gasteiger partial charge is 0.480 e. The van der Waals surface area contributed by atoms with Crippen LogP contribution in [0.25, 0.3) is 0 Å². The third-order valence-corrected chi connectivity index (χ3v) is 2.53. The highest BCUT2D eigenvalue weighted by atomic mass is 79.9.